The molecule has 2 rings (SSSR count). The number of nitrogens with one attached hydrogen (secondary N) is 2. The molecule has 0 aliphatic rings. The number of carboxylic acids is 1. The summed E-state index contributed by atoms with van der Waals surface area (Å²) < 4.78 is 15.5. The number of hydrogen-bond donors (Lipinski definition) is 4. The van der Waals surface area contributed by atoms with Crippen molar-refractivity contribution >= 4 is 46.2 Å². The van der Waals surface area contributed by atoms with Gasteiger partial charge in [-0.25, -0.2) is 4.79 Å². The minimum atomic E-state index is -0.924. The molecule has 0 aliphatic carbocycles. The van der Waals surface area contributed by atoms with Crippen LogP contribution in [0.5, 0.6) is 11.5 Å². The average Bonchev–Trinajstić information content (AvgIpc) is 2.80. The third-order valence-corrected chi connectivity index (χ3v) is 5.73. The van der Waals surface area contributed by atoms with Crippen LogP contribution in [-0.2, 0) is 14.3 Å². The van der Waals surface area contributed by atoms with Gasteiger partial charge in [0.25, 0.3) is 5.91 Å². The Hall–Kier alpha value is -3.18. The van der Waals surface area contributed by atoms with Gasteiger partial charge in [-0.1, -0.05) is 12.1 Å². The number of benzene rings is 2. The molecule has 2 aromatic rings. The van der Waals surface area contributed by atoms with Gasteiger partial charge in [0.15, 0.2) is 0 Å². The molecule has 0 bridgehead atoms. The monoisotopic (exact) mass is 480 g/mol. The van der Waals surface area contributed by atoms with Gasteiger partial charge in [0.05, 0.1) is 35.6 Å². The van der Waals surface area contributed by atoms with Crippen molar-refractivity contribution in [3.05, 3.63) is 29.8 Å². The SMILES string of the molecule is COCCCNC(=O)c1cc(OCCSC(C)C(=O)O)c2c(NC(=O)OC)cccc2c1O. The van der Waals surface area contributed by atoms with Crippen LogP contribution in [0.4, 0.5) is 10.5 Å². The maximum absolute atomic E-state index is 12.7. The summed E-state index contributed by atoms with van der Waals surface area (Å²) >= 11 is 1.20. The number of carboxylic acid groups (broad SMARTS) is 1. The van der Waals surface area contributed by atoms with Crippen LogP contribution >= 0.6 is 11.8 Å². The summed E-state index contributed by atoms with van der Waals surface area (Å²) in [6.07, 6.45) is -0.106. The van der Waals surface area contributed by atoms with E-state index in [0.29, 0.717) is 41.8 Å². The second kappa shape index (κ2) is 12.8. The number of aliphatic carboxylic acids is 1. The number of carbonyl (C=O) groups is 3. The fourth-order valence-electron chi connectivity index (χ4n) is 2.95. The molecule has 11 heteroatoms. The number of phenolic OH excluding ortho intramolecular Hbond substituents is 1. The number of thioether (sulfide) groups is 1. The van der Waals surface area contributed by atoms with E-state index < -0.39 is 23.2 Å². The molecule has 0 spiro atoms. The molecule has 180 valence electrons. The molecule has 1 unspecified atom stereocenters. The van der Waals surface area contributed by atoms with E-state index in [4.69, 9.17) is 14.6 Å². The van der Waals surface area contributed by atoms with E-state index in [1.165, 1.54) is 24.9 Å². The van der Waals surface area contributed by atoms with Crippen molar-refractivity contribution in [2.24, 2.45) is 0 Å². The first-order chi connectivity index (χ1) is 15.8. The number of phenols is 1. The Kier molecular flexibility index (Phi) is 10.1. The van der Waals surface area contributed by atoms with Crippen LogP contribution in [0.3, 0.4) is 0 Å². The highest BCUT2D eigenvalue weighted by molar-refractivity contribution is 8.00. The van der Waals surface area contributed by atoms with Gasteiger partial charge in [-0.15, -0.1) is 11.8 Å². The lowest BCUT2D eigenvalue weighted by Gasteiger charge is -2.17. The van der Waals surface area contributed by atoms with E-state index in [9.17, 15) is 19.5 Å². The summed E-state index contributed by atoms with van der Waals surface area (Å²) in [5, 5.41) is 25.2. The lowest BCUT2D eigenvalue weighted by Crippen LogP contribution is -2.25. The Labute approximate surface area is 195 Å². The number of ether oxygens (including phenoxy) is 3. The first kappa shape index (κ1) is 26.1. The smallest absolute Gasteiger partial charge is 0.411 e. The van der Waals surface area contributed by atoms with Gasteiger partial charge in [0.1, 0.15) is 11.5 Å². The number of fused-ring (bicyclic) bond motifs is 1. The van der Waals surface area contributed by atoms with Gasteiger partial charge >= 0.3 is 12.1 Å². The van der Waals surface area contributed by atoms with Gasteiger partial charge in [-0.05, 0) is 25.5 Å². The minimum absolute atomic E-state index is 0.0108. The molecule has 33 heavy (non-hydrogen) atoms. The zero-order chi connectivity index (χ0) is 24.4. The molecular formula is C22H28N2O8S. The largest absolute Gasteiger partial charge is 0.506 e. The van der Waals surface area contributed by atoms with E-state index in [1.54, 1.807) is 32.2 Å². The van der Waals surface area contributed by atoms with Crippen molar-refractivity contribution in [1.29, 1.82) is 0 Å². The first-order valence-electron chi connectivity index (χ1n) is 10.2. The highest BCUT2D eigenvalue weighted by atomic mass is 32.2. The second-order valence-electron chi connectivity index (χ2n) is 6.92. The molecule has 10 nitrogen and oxygen atoms in total. The first-order valence-corrected chi connectivity index (χ1v) is 11.2. The Morgan fingerprint density at radius 2 is 1.94 bits per heavy atom. The Balaban J connectivity index is 2.39. The van der Waals surface area contributed by atoms with Crippen LogP contribution in [0.25, 0.3) is 10.8 Å². The van der Waals surface area contributed by atoms with E-state index in [2.05, 4.69) is 15.4 Å². The van der Waals surface area contributed by atoms with Crippen molar-refractivity contribution in [3.63, 3.8) is 0 Å². The van der Waals surface area contributed by atoms with Gasteiger partial charge in [0.2, 0.25) is 0 Å². The Morgan fingerprint density at radius 1 is 1.18 bits per heavy atom. The number of aromatic hydroxyl groups is 1. The lowest BCUT2D eigenvalue weighted by molar-refractivity contribution is -0.136. The molecule has 2 aromatic carbocycles. The summed E-state index contributed by atoms with van der Waals surface area (Å²) in [7, 11) is 2.79. The summed E-state index contributed by atoms with van der Waals surface area (Å²) in [5.74, 6) is -1.05. The highest BCUT2D eigenvalue weighted by Crippen LogP contribution is 2.40. The minimum Gasteiger partial charge on any atom is -0.506 e. The third-order valence-electron chi connectivity index (χ3n) is 4.63. The van der Waals surface area contributed by atoms with Crippen LogP contribution in [-0.4, -0.2) is 73.2 Å². The number of methoxy groups -OCH3 is 2. The molecule has 0 aromatic heterocycles. The molecule has 4 N–H and O–H groups in total. The van der Waals surface area contributed by atoms with Crippen molar-refractivity contribution < 1.29 is 38.8 Å². The van der Waals surface area contributed by atoms with Gasteiger partial charge < -0.3 is 29.7 Å². The molecule has 0 saturated carbocycles. The number of rotatable bonds is 12. The van der Waals surface area contributed by atoms with Crippen molar-refractivity contribution in [1.82, 2.24) is 5.32 Å². The number of anilines is 1. The predicted molar refractivity (Wildman–Crippen MR) is 126 cm³/mol. The van der Waals surface area contributed by atoms with E-state index in [1.807, 2.05) is 0 Å². The zero-order valence-corrected chi connectivity index (χ0v) is 19.5. The molecule has 0 saturated heterocycles. The quantitative estimate of drug-likeness (QED) is 0.337. The molecule has 0 heterocycles. The number of hydrogen-bond acceptors (Lipinski definition) is 8. The average molecular weight is 481 g/mol. The van der Waals surface area contributed by atoms with E-state index in [-0.39, 0.29) is 23.7 Å². The maximum Gasteiger partial charge on any atom is 0.411 e. The number of carbonyl (C=O) groups excluding carboxylic acids is 2. The second-order valence-corrected chi connectivity index (χ2v) is 8.37. The lowest BCUT2D eigenvalue weighted by atomic mass is 10.0. The zero-order valence-electron chi connectivity index (χ0n) is 18.7. The van der Waals surface area contributed by atoms with Crippen molar-refractivity contribution in [3.8, 4) is 11.5 Å². The van der Waals surface area contributed by atoms with Gasteiger partial charge in [0, 0.05) is 31.4 Å². The van der Waals surface area contributed by atoms with Gasteiger partial charge in [-0.2, -0.15) is 0 Å². The molecule has 0 fully saturated rings. The van der Waals surface area contributed by atoms with Crippen molar-refractivity contribution in [2.45, 2.75) is 18.6 Å². The fraction of sp³-hybridized carbons (Fsp3) is 0.409. The van der Waals surface area contributed by atoms with Crippen LogP contribution in [0.2, 0.25) is 0 Å². The number of amides is 2. The normalized spacial score (nSPS) is 11.6. The fourth-order valence-corrected chi connectivity index (χ4v) is 3.62. The molecule has 0 aliphatic heterocycles. The van der Waals surface area contributed by atoms with Crippen LogP contribution < -0.4 is 15.4 Å². The van der Waals surface area contributed by atoms with E-state index >= 15 is 0 Å². The van der Waals surface area contributed by atoms with Crippen LogP contribution in [0.15, 0.2) is 24.3 Å². The molecule has 1 atom stereocenters. The summed E-state index contributed by atoms with van der Waals surface area (Å²) in [5.41, 5.74) is 0.333. The van der Waals surface area contributed by atoms with Crippen LogP contribution in [0, 0.1) is 0 Å². The molecule has 0 radical (unpaired) electrons. The maximum atomic E-state index is 12.7. The molecule has 2 amide bonds. The Morgan fingerprint density at radius 3 is 2.61 bits per heavy atom. The third kappa shape index (κ3) is 7.16. The summed E-state index contributed by atoms with van der Waals surface area (Å²) in [6.45, 7) is 2.55. The van der Waals surface area contributed by atoms with E-state index in [0.717, 1.165) is 0 Å². The van der Waals surface area contributed by atoms with Crippen molar-refractivity contribution in [2.75, 3.05) is 45.0 Å². The Bertz CT molecular complexity index is 998. The summed E-state index contributed by atoms with van der Waals surface area (Å²) in [6, 6.07) is 6.22. The highest BCUT2D eigenvalue weighted by Gasteiger charge is 2.21. The predicted octanol–water partition coefficient (Wildman–Crippen LogP) is 3.08. The van der Waals surface area contributed by atoms with Gasteiger partial charge in [-0.3, -0.25) is 14.9 Å². The molecular weight excluding hydrogens is 452 g/mol. The summed E-state index contributed by atoms with van der Waals surface area (Å²) in [4.78, 5) is 35.5. The topological polar surface area (TPSA) is 143 Å². The standard InChI is InChI=1S/C22H28N2O8S/c1-13(21(27)28)33-11-10-32-17-12-15(20(26)23-8-5-9-30-2)19(25)14-6-4-7-16(18(14)17)24-22(29)31-3/h4,6-7,12-13,25H,5,8-11H2,1-3H3,(H,23,26)(H,24,29)(H,27,28). The van der Waals surface area contributed by atoms with Crippen LogP contribution in [0.1, 0.15) is 23.7 Å².